The highest BCUT2D eigenvalue weighted by Gasteiger charge is 2.51. The molecule has 366 valence electrons. The van der Waals surface area contributed by atoms with Gasteiger partial charge in [-0.25, -0.2) is 0 Å². The summed E-state index contributed by atoms with van der Waals surface area (Å²) in [6.07, 6.45) is 3.48. The first kappa shape index (κ1) is 47.2. The Morgan fingerprint density at radius 1 is 0.417 bits per heavy atom. The van der Waals surface area contributed by atoms with Crippen molar-refractivity contribution in [3.8, 4) is 11.1 Å². The Labute approximate surface area is 433 Å². The van der Waals surface area contributed by atoms with Crippen molar-refractivity contribution in [3.63, 3.8) is 0 Å². The van der Waals surface area contributed by atoms with Gasteiger partial charge >= 0.3 is 0 Å². The third-order valence-corrected chi connectivity index (χ3v) is 19.0. The molecule has 7 aromatic rings. The molecule has 0 unspecified atom stereocenters. The molecule has 0 spiro atoms. The van der Waals surface area contributed by atoms with E-state index >= 15 is 0 Å². The zero-order chi connectivity index (χ0) is 51.2. The van der Waals surface area contributed by atoms with Crippen molar-refractivity contribution in [3.05, 3.63) is 183 Å². The summed E-state index contributed by atoms with van der Waals surface area (Å²) >= 11 is 0. The van der Waals surface area contributed by atoms with Gasteiger partial charge in [-0.3, -0.25) is 0 Å². The van der Waals surface area contributed by atoms with Gasteiger partial charge in [0.25, 0.3) is 6.71 Å². The van der Waals surface area contributed by atoms with Crippen LogP contribution in [0.1, 0.15) is 184 Å². The van der Waals surface area contributed by atoms with E-state index in [2.05, 4.69) is 249 Å². The van der Waals surface area contributed by atoms with Crippen molar-refractivity contribution in [2.24, 2.45) is 0 Å². The smallest absolute Gasteiger partial charge is 0.252 e. The van der Waals surface area contributed by atoms with Gasteiger partial charge in [0.05, 0.1) is 5.69 Å². The molecule has 0 radical (unpaired) electrons. The molecule has 2 aliphatic heterocycles. The third kappa shape index (κ3) is 6.60. The molecule has 5 aliphatic rings. The first-order valence-corrected chi connectivity index (χ1v) is 27.2. The number of hydrogen-bond acceptors (Lipinski definition) is 2. The van der Waals surface area contributed by atoms with Crippen molar-refractivity contribution in [1.82, 2.24) is 0 Å². The molecule has 2 heterocycles. The Hall–Kier alpha value is -5.80. The lowest BCUT2D eigenvalue weighted by molar-refractivity contribution is 0.332. The first-order valence-electron chi connectivity index (χ1n) is 27.2. The molecule has 2 nitrogen and oxygen atoms in total. The zero-order valence-corrected chi connectivity index (χ0v) is 46.6. The number of rotatable bonds is 3. The minimum Gasteiger partial charge on any atom is -0.311 e. The van der Waals surface area contributed by atoms with Crippen molar-refractivity contribution < 1.29 is 0 Å². The van der Waals surface area contributed by atoms with E-state index in [-0.39, 0.29) is 44.6 Å². The van der Waals surface area contributed by atoms with Crippen molar-refractivity contribution in [2.45, 2.75) is 175 Å². The summed E-state index contributed by atoms with van der Waals surface area (Å²) in [7, 11) is 0. The largest absolute Gasteiger partial charge is 0.311 e. The molecule has 0 bridgehead atoms. The molecule has 0 fully saturated rings. The molecule has 3 heteroatoms. The topological polar surface area (TPSA) is 6.48 Å². The normalized spacial score (nSPS) is 19.6. The zero-order valence-electron chi connectivity index (χ0n) is 46.6. The summed E-state index contributed by atoms with van der Waals surface area (Å²) in [6, 6.07) is 48.9. The van der Waals surface area contributed by atoms with Crippen LogP contribution in [0, 0.1) is 13.8 Å². The minimum absolute atomic E-state index is 0.00151. The average molecular weight is 945 g/mol. The molecule has 72 heavy (non-hydrogen) atoms. The van der Waals surface area contributed by atoms with Crippen LogP contribution in [0.15, 0.2) is 121 Å². The van der Waals surface area contributed by atoms with Crippen LogP contribution in [0.2, 0.25) is 0 Å². The van der Waals surface area contributed by atoms with Crippen LogP contribution in [0.3, 0.4) is 0 Å². The molecular weight excluding hydrogens is 868 g/mol. The van der Waals surface area contributed by atoms with E-state index in [0.29, 0.717) is 0 Å². The summed E-state index contributed by atoms with van der Waals surface area (Å²) in [4.78, 5) is 5.46. The Kier molecular flexibility index (Phi) is 9.79. The van der Waals surface area contributed by atoms with Gasteiger partial charge in [0.1, 0.15) is 0 Å². The molecule has 0 aromatic heterocycles. The van der Waals surface area contributed by atoms with Crippen LogP contribution < -0.4 is 26.2 Å². The molecule has 3 aliphatic carbocycles. The van der Waals surface area contributed by atoms with E-state index in [4.69, 9.17) is 0 Å². The fourth-order valence-corrected chi connectivity index (χ4v) is 15.1. The van der Waals surface area contributed by atoms with Crippen molar-refractivity contribution >= 4 is 57.2 Å². The van der Waals surface area contributed by atoms with Gasteiger partial charge in [0.2, 0.25) is 0 Å². The second kappa shape index (κ2) is 14.9. The lowest BCUT2D eigenvalue weighted by Crippen LogP contribution is -2.62. The van der Waals surface area contributed by atoms with Crippen LogP contribution in [0.25, 0.3) is 11.1 Å². The fraction of sp³-hybridized carbons (Fsp3) is 0.391. The van der Waals surface area contributed by atoms with Gasteiger partial charge in [-0.1, -0.05) is 183 Å². The number of hydrogen-bond donors (Lipinski definition) is 0. The van der Waals surface area contributed by atoms with E-state index in [9.17, 15) is 0 Å². The minimum atomic E-state index is -0.206. The maximum atomic E-state index is 2.75. The Bertz CT molecular complexity index is 3460. The van der Waals surface area contributed by atoms with E-state index < -0.39 is 0 Å². The Balaban J connectivity index is 1.24. The SMILES string of the molecule is Cc1cc2c3c(c1)N(c1ccc(C(C)(C)C)cc1-c1ccccc1)c1cc4c(cc1B3c1cc3c(cc1N2c1cc2c(cc1C)C(C)(C)CCC2(C)C)C(C)(C)c1ccccc1C3(C)C)C(C)(C)CC4(C)C. The van der Waals surface area contributed by atoms with E-state index in [0.717, 1.165) is 6.42 Å². The second-order valence-corrected chi connectivity index (χ2v) is 27.8. The predicted octanol–water partition coefficient (Wildman–Crippen LogP) is 16.6. The molecule has 0 atom stereocenters. The lowest BCUT2D eigenvalue weighted by atomic mass is 9.32. The summed E-state index contributed by atoms with van der Waals surface area (Å²) in [6.45, 7) is 41.5. The molecule has 0 saturated carbocycles. The van der Waals surface area contributed by atoms with E-state index in [1.54, 1.807) is 0 Å². The number of nitrogens with zero attached hydrogens (tertiary/aromatic N) is 2. The molecular formula is C69H77BN2. The fourth-order valence-electron chi connectivity index (χ4n) is 15.1. The molecule has 12 rings (SSSR count). The lowest BCUT2D eigenvalue weighted by Gasteiger charge is -2.49. The molecule has 0 saturated heterocycles. The Morgan fingerprint density at radius 2 is 0.875 bits per heavy atom. The number of benzene rings is 7. The highest BCUT2D eigenvalue weighted by Crippen LogP contribution is 2.57. The molecule has 0 amide bonds. The summed E-state index contributed by atoms with van der Waals surface area (Å²) in [5, 5.41) is 0. The highest BCUT2D eigenvalue weighted by atomic mass is 15.2. The standard InChI is InChI=1S/C69H77BN2/c1-41-31-60-62-61(32-41)72(57-37-50-48(33-42(57)2)64(6,7)29-30-65(50,8)9)59-39-53-52(68(14,15)46-25-21-22-26-47(46)69(53,16)17)36-55(59)70(62)54-35-49-51(67(12,13)40-66(49,10)11)38-58(54)71(60)56-28-27-44(63(3,4)5)34-45(56)43-23-19-18-20-24-43/h18-28,31-39H,29-30,40H2,1-17H3. The van der Waals surface area contributed by atoms with Gasteiger partial charge < -0.3 is 9.80 Å². The van der Waals surface area contributed by atoms with Crippen LogP contribution in [-0.2, 0) is 37.9 Å². The maximum absolute atomic E-state index is 2.75. The monoisotopic (exact) mass is 945 g/mol. The summed E-state index contributed by atoms with van der Waals surface area (Å²) < 4.78 is 0. The quantitative estimate of drug-likeness (QED) is 0.163. The second-order valence-electron chi connectivity index (χ2n) is 27.8. The van der Waals surface area contributed by atoms with Crippen molar-refractivity contribution in [2.75, 3.05) is 9.80 Å². The number of aryl methyl sites for hydroxylation is 2. The molecule has 7 aromatic carbocycles. The van der Waals surface area contributed by atoms with E-state index in [1.807, 2.05) is 0 Å². The van der Waals surface area contributed by atoms with Crippen LogP contribution in [-0.4, -0.2) is 6.71 Å². The van der Waals surface area contributed by atoms with Gasteiger partial charge in [-0.05, 0) is 186 Å². The van der Waals surface area contributed by atoms with Gasteiger partial charge in [-0.15, -0.1) is 0 Å². The highest BCUT2D eigenvalue weighted by molar-refractivity contribution is 7.00. The van der Waals surface area contributed by atoms with Crippen LogP contribution in [0.5, 0.6) is 0 Å². The van der Waals surface area contributed by atoms with Crippen molar-refractivity contribution in [1.29, 1.82) is 0 Å². The summed E-state index contributed by atoms with van der Waals surface area (Å²) in [5.74, 6) is 0. The van der Waals surface area contributed by atoms with Gasteiger partial charge in [-0.2, -0.15) is 0 Å². The van der Waals surface area contributed by atoms with Gasteiger partial charge in [0, 0.05) is 44.8 Å². The van der Waals surface area contributed by atoms with Gasteiger partial charge in [0.15, 0.2) is 0 Å². The number of fused-ring (bicyclic) bond motifs is 8. The Morgan fingerprint density at radius 3 is 1.44 bits per heavy atom. The third-order valence-electron chi connectivity index (χ3n) is 19.0. The van der Waals surface area contributed by atoms with Crippen LogP contribution >= 0.6 is 0 Å². The van der Waals surface area contributed by atoms with Crippen LogP contribution in [0.4, 0.5) is 34.1 Å². The maximum Gasteiger partial charge on any atom is 0.252 e. The number of anilines is 6. The average Bonchev–Trinajstić information content (AvgIpc) is 3.50. The predicted molar refractivity (Wildman–Crippen MR) is 311 cm³/mol. The molecule has 0 N–H and O–H groups in total. The van der Waals surface area contributed by atoms with E-state index in [1.165, 1.54) is 136 Å². The first-order chi connectivity index (χ1) is 33.6. The summed E-state index contributed by atoms with van der Waals surface area (Å²) in [5.41, 5.74) is 29.9.